The lowest BCUT2D eigenvalue weighted by Gasteiger charge is -2.40. The number of nitriles is 1. The molecule has 2 atom stereocenters. The second kappa shape index (κ2) is 9.53. The molecule has 7 heteroatoms. The molecule has 0 amide bonds. The van der Waals surface area contributed by atoms with Crippen LogP contribution in [0.15, 0.2) is 53.7 Å². The first kappa shape index (κ1) is 23.0. The van der Waals surface area contributed by atoms with Crippen molar-refractivity contribution in [2.45, 2.75) is 32.0 Å². The van der Waals surface area contributed by atoms with Gasteiger partial charge in [-0.3, -0.25) is 9.98 Å². The number of fused-ring (bicyclic) bond motifs is 2. The van der Waals surface area contributed by atoms with E-state index < -0.39 is 0 Å². The predicted molar refractivity (Wildman–Crippen MR) is 145 cm³/mol. The van der Waals surface area contributed by atoms with Crippen LogP contribution >= 0.6 is 0 Å². The zero-order valence-corrected chi connectivity index (χ0v) is 21.0. The van der Waals surface area contributed by atoms with Crippen molar-refractivity contribution in [1.29, 1.82) is 5.26 Å². The number of anilines is 2. The van der Waals surface area contributed by atoms with E-state index in [1.54, 1.807) is 6.20 Å². The van der Waals surface area contributed by atoms with Gasteiger partial charge in [-0.1, -0.05) is 6.07 Å². The Morgan fingerprint density at radius 1 is 0.944 bits per heavy atom. The Labute approximate surface area is 212 Å². The van der Waals surface area contributed by atoms with Gasteiger partial charge in [-0.2, -0.15) is 5.26 Å². The highest BCUT2D eigenvalue weighted by molar-refractivity contribution is 5.97. The number of likely N-dealkylation sites (N-methyl/N-ethyl adjacent to an activating group) is 1. The molecule has 184 valence electrons. The fraction of sp³-hybridized carbons (Fsp3) is 0.414. The van der Waals surface area contributed by atoms with Crippen molar-refractivity contribution in [1.82, 2.24) is 9.88 Å². The predicted octanol–water partition coefficient (Wildman–Crippen LogP) is 4.17. The van der Waals surface area contributed by atoms with E-state index in [1.165, 1.54) is 11.3 Å². The Balaban J connectivity index is 1.29. The first-order valence-corrected chi connectivity index (χ1v) is 12.9. The van der Waals surface area contributed by atoms with Gasteiger partial charge < -0.3 is 19.4 Å². The van der Waals surface area contributed by atoms with E-state index in [4.69, 9.17) is 9.73 Å². The third-order valence-electron chi connectivity index (χ3n) is 7.71. The van der Waals surface area contributed by atoms with E-state index in [9.17, 15) is 5.26 Å². The number of hydrogen-bond acceptors (Lipinski definition) is 7. The highest BCUT2D eigenvalue weighted by Gasteiger charge is 2.32. The molecule has 6 rings (SSSR count). The maximum atomic E-state index is 9.54. The van der Waals surface area contributed by atoms with Gasteiger partial charge in [-0.15, -0.1) is 0 Å². The van der Waals surface area contributed by atoms with Gasteiger partial charge in [-0.05, 0) is 63.2 Å². The van der Waals surface area contributed by atoms with Crippen LogP contribution in [0, 0.1) is 11.3 Å². The lowest BCUT2D eigenvalue weighted by atomic mass is 9.95. The number of aliphatic imine (C=N–C) groups is 1. The van der Waals surface area contributed by atoms with Crippen LogP contribution < -0.4 is 9.80 Å². The van der Waals surface area contributed by atoms with Crippen molar-refractivity contribution in [3.05, 3.63) is 59.8 Å². The molecule has 2 fully saturated rings. The number of benzene rings is 2. The van der Waals surface area contributed by atoms with Gasteiger partial charge >= 0.3 is 0 Å². The summed E-state index contributed by atoms with van der Waals surface area (Å²) in [6.07, 6.45) is 3.68. The van der Waals surface area contributed by atoms with Crippen LogP contribution in [0.1, 0.15) is 24.5 Å². The molecule has 1 aromatic heterocycles. The molecule has 0 aliphatic carbocycles. The van der Waals surface area contributed by atoms with E-state index in [1.807, 2.05) is 12.1 Å². The van der Waals surface area contributed by atoms with E-state index in [0.717, 1.165) is 80.1 Å². The molecule has 0 spiro atoms. The van der Waals surface area contributed by atoms with E-state index in [-0.39, 0.29) is 12.2 Å². The highest BCUT2D eigenvalue weighted by atomic mass is 16.5. The van der Waals surface area contributed by atoms with Gasteiger partial charge in [0.15, 0.2) is 0 Å². The van der Waals surface area contributed by atoms with Crippen LogP contribution in [0.2, 0.25) is 0 Å². The molecule has 0 N–H and O–H groups in total. The third kappa shape index (κ3) is 4.21. The summed E-state index contributed by atoms with van der Waals surface area (Å²) in [4.78, 5) is 17.0. The Hall–Kier alpha value is -3.47. The maximum Gasteiger partial charge on any atom is 0.113 e. The average molecular weight is 481 g/mol. The van der Waals surface area contributed by atoms with Crippen LogP contribution in [-0.2, 0) is 11.2 Å². The van der Waals surface area contributed by atoms with Gasteiger partial charge in [0.2, 0.25) is 0 Å². The lowest BCUT2D eigenvalue weighted by Crippen LogP contribution is -2.50. The number of aromatic nitrogens is 1. The fourth-order valence-electron chi connectivity index (χ4n) is 5.82. The van der Waals surface area contributed by atoms with Crippen LogP contribution in [-0.4, -0.2) is 74.1 Å². The summed E-state index contributed by atoms with van der Waals surface area (Å²) in [5.41, 5.74) is 7.41. The van der Waals surface area contributed by atoms with Crippen molar-refractivity contribution in [3.63, 3.8) is 0 Å². The topological polar surface area (TPSA) is 68.0 Å². The fourth-order valence-corrected chi connectivity index (χ4v) is 5.82. The monoisotopic (exact) mass is 480 g/mol. The molecule has 2 aromatic carbocycles. The Kier molecular flexibility index (Phi) is 6.08. The Morgan fingerprint density at radius 3 is 2.64 bits per heavy atom. The normalized spacial score (nSPS) is 22.8. The van der Waals surface area contributed by atoms with Crippen LogP contribution in [0.25, 0.3) is 10.9 Å². The number of hydrogen-bond donors (Lipinski definition) is 0. The number of nitrogens with zero attached hydrogens (tertiary/aromatic N) is 6. The minimum Gasteiger partial charge on any atom is -0.369 e. The van der Waals surface area contributed by atoms with Crippen LogP contribution in [0.5, 0.6) is 0 Å². The van der Waals surface area contributed by atoms with Gasteiger partial charge in [0.05, 0.1) is 22.9 Å². The molecule has 3 aliphatic heterocycles. The maximum absolute atomic E-state index is 9.54. The van der Waals surface area contributed by atoms with Crippen molar-refractivity contribution >= 4 is 33.7 Å². The molecule has 36 heavy (non-hydrogen) atoms. The number of pyridine rings is 1. The minimum atomic E-state index is -0.0587. The molecular formula is C29H32N6O. The molecule has 7 nitrogen and oxygen atoms in total. The summed E-state index contributed by atoms with van der Waals surface area (Å²) in [7, 11) is 2.19. The summed E-state index contributed by atoms with van der Waals surface area (Å²) in [5.74, 6) is 0. The SMILES string of the molecule is C[C@@H]1CN(c2ccc(C#N)c3ncccc23)C[C@H](C2=Nc3cccc(N4CCN(C)CC4)c3CC2)O1. The molecule has 0 bridgehead atoms. The summed E-state index contributed by atoms with van der Waals surface area (Å²) >= 11 is 0. The molecular weight excluding hydrogens is 448 g/mol. The van der Waals surface area contributed by atoms with E-state index in [2.05, 4.69) is 70.1 Å². The standard InChI is InChI=1S/C29H32N6O/c1-20-18-35(27-11-8-21(17-30)29-23(27)5-4-12-31-29)19-28(36-20)25-10-9-22-24(32-25)6-3-7-26(22)34-15-13-33(2)14-16-34/h3-8,11-12,20,28H,9-10,13-16,18-19H2,1-2H3/t20-,28-/m1/s1. The minimum absolute atomic E-state index is 0.0587. The molecule has 2 saturated heterocycles. The highest BCUT2D eigenvalue weighted by Crippen LogP contribution is 2.36. The Bertz CT molecular complexity index is 1350. The summed E-state index contributed by atoms with van der Waals surface area (Å²) in [5, 5.41) is 10.6. The molecule has 0 saturated carbocycles. The third-order valence-corrected chi connectivity index (χ3v) is 7.71. The first-order valence-electron chi connectivity index (χ1n) is 12.9. The second-order valence-electron chi connectivity index (χ2n) is 10.2. The molecule has 0 radical (unpaired) electrons. The molecule has 4 heterocycles. The zero-order valence-electron chi connectivity index (χ0n) is 21.0. The average Bonchev–Trinajstić information content (AvgIpc) is 2.92. The van der Waals surface area contributed by atoms with Crippen LogP contribution in [0.3, 0.4) is 0 Å². The Morgan fingerprint density at radius 2 is 1.81 bits per heavy atom. The molecule has 3 aromatic rings. The van der Waals surface area contributed by atoms with E-state index >= 15 is 0 Å². The van der Waals surface area contributed by atoms with E-state index in [0.29, 0.717) is 5.56 Å². The van der Waals surface area contributed by atoms with Gasteiger partial charge in [0.1, 0.15) is 12.2 Å². The quantitative estimate of drug-likeness (QED) is 0.561. The number of morpholine rings is 1. The summed E-state index contributed by atoms with van der Waals surface area (Å²) in [6, 6.07) is 16.8. The zero-order chi connectivity index (χ0) is 24.6. The van der Waals surface area contributed by atoms with Crippen molar-refractivity contribution in [2.24, 2.45) is 4.99 Å². The van der Waals surface area contributed by atoms with Gasteiger partial charge in [-0.25, -0.2) is 0 Å². The summed E-state index contributed by atoms with van der Waals surface area (Å²) < 4.78 is 6.45. The lowest BCUT2D eigenvalue weighted by molar-refractivity contribution is 0.0196. The van der Waals surface area contributed by atoms with Crippen molar-refractivity contribution < 1.29 is 4.74 Å². The largest absolute Gasteiger partial charge is 0.369 e. The number of piperazine rings is 1. The van der Waals surface area contributed by atoms with Crippen molar-refractivity contribution in [3.8, 4) is 6.07 Å². The summed E-state index contributed by atoms with van der Waals surface area (Å²) in [6.45, 7) is 8.00. The number of rotatable bonds is 3. The molecule has 0 unspecified atom stereocenters. The smallest absolute Gasteiger partial charge is 0.113 e. The van der Waals surface area contributed by atoms with Gasteiger partial charge in [0.25, 0.3) is 0 Å². The van der Waals surface area contributed by atoms with Gasteiger partial charge in [0, 0.05) is 73.5 Å². The first-order chi connectivity index (χ1) is 17.6. The molecule has 3 aliphatic rings. The second-order valence-corrected chi connectivity index (χ2v) is 10.2. The van der Waals surface area contributed by atoms with Crippen LogP contribution in [0.4, 0.5) is 17.1 Å². The van der Waals surface area contributed by atoms with Crippen molar-refractivity contribution in [2.75, 3.05) is 56.1 Å². The number of ether oxygens (including phenoxy) is 1.